The summed E-state index contributed by atoms with van der Waals surface area (Å²) in [7, 11) is 0. The monoisotopic (exact) mass is 315 g/mol. The van der Waals surface area contributed by atoms with Gasteiger partial charge in [0.2, 0.25) is 5.91 Å². The van der Waals surface area contributed by atoms with E-state index in [0.717, 1.165) is 6.42 Å². The Morgan fingerprint density at radius 3 is 2.78 bits per heavy atom. The molecule has 0 aliphatic rings. The fourth-order valence-corrected chi connectivity index (χ4v) is 1.75. The number of rotatable bonds is 6. The summed E-state index contributed by atoms with van der Waals surface area (Å²) in [6.07, 6.45) is 1.74. The van der Waals surface area contributed by atoms with Crippen molar-refractivity contribution in [3.8, 4) is 0 Å². The third-order valence-corrected chi connectivity index (χ3v) is 2.78. The summed E-state index contributed by atoms with van der Waals surface area (Å²) in [4.78, 5) is 21.9. The third kappa shape index (κ3) is 4.42. The van der Waals surface area contributed by atoms with E-state index in [-0.39, 0.29) is 17.3 Å². The van der Waals surface area contributed by atoms with Crippen molar-refractivity contribution in [3.63, 3.8) is 0 Å². The average Bonchev–Trinajstić information content (AvgIpc) is 2.31. The molecule has 0 aromatic heterocycles. The molecule has 0 atom stereocenters. The van der Waals surface area contributed by atoms with Crippen molar-refractivity contribution in [2.75, 3.05) is 11.9 Å². The zero-order valence-electron chi connectivity index (χ0n) is 9.69. The van der Waals surface area contributed by atoms with Gasteiger partial charge < -0.3 is 11.1 Å². The molecule has 0 bridgehead atoms. The second-order valence-corrected chi connectivity index (χ2v) is 4.63. The van der Waals surface area contributed by atoms with Crippen LogP contribution in [0.4, 0.5) is 11.4 Å². The average molecular weight is 316 g/mol. The Kier molecular flexibility index (Phi) is 5.73. The second kappa shape index (κ2) is 7.07. The van der Waals surface area contributed by atoms with Crippen molar-refractivity contribution in [2.45, 2.75) is 19.3 Å². The Balaban J connectivity index is 2.72. The van der Waals surface area contributed by atoms with Crippen LogP contribution in [-0.4, -0.2) is 17.4 Å². The summed E-state index contributed by atoms with van der Waals surface area (Å²) in [5.74, 6) is -0.242. The fourth-order valence-electron chi connectivity index (χ4n) is 1.40. The van der Waals surface area contributed by atoms with E-state index >= 15 is 0 Å². The Morgan fingerprint density at radius 2 is 2.17 bits per heavy atom. The molecule has 0 saturated carbocycles. The lowest BCUT2D eigenvalue weighted by Gasteiger charge is -2.06. The minimum absolute atomic E-state index is 0.128. The third-order valence-electron chi connectivity index (χ3n) is 2.29. The number of unbranched alkanes of at least 4 members (excludes halogenated alkanes) is 1. The van der Waals surface area contributed by atoms with Gasteiger partial charge in [-0.15, -0.1) is 0 Å². The van der Waals surface area contributed by atoms with E-state index in [1.807, 2.05) is 0 Å². The number of hydrogen-bond donors (Lipinski definition) is 2. The topological polar surface area (TPSA) is 98.3 Å². The molecule has 0 heterocycles. The number of amides is 1. The molecule has 18 heavy (non-hydrogen) atoms. The van der Waals surface area contributed by atoms with Crippen LogP contribution in [0.1, 0.15) is 19.3 Å². The van der Waals surface area contributed by atoms with Crippen LogP contribution in [0.2, 0.25) is 0 Å². The van der Waals surface area contributed by atoms with Crippen molar-refractivity contribution >= 4 is 33.2 Å². The molecule has 1 rings (SSSR count). The van der Waals surface area contributed by atoms with Crippen LogP contribution in [0.5, 0.6) is 0 Å². The predicted molar refractivity (Wildman–Crippen MR) is 72.3 cm³/mol. The van der Waals surface area contributed by atoms with Crippen LogP contribution < -0.4 is 11.1 Å². The number of carbonyl (C=O) groups is 1. The molecule has 98 valence electrons. The van der Waals surface area contributed by atoms with Gasteiger partial charge in [-0.3, -0.25) is 14.9 Å². The zero-order valence-corrected chi connectivity index (χ0v) is 11.3. The fraction of sp³-hybridized carbons (Fsp3) is 0.364. The van der Waals surface area contributed by atoms with Gasteiger partial charge in [0.1, 0.15) is 5.69 Å². The highest BCUT2D eigenvalue weighted by atomic mass is 79.9. The SMILES string of the molecule is NCCCCC(=O)Nc1ccc(Br)cc1[N+](=O)[O-]. The molecule has 1 aromatic carbocycles. The number of nitrogens with two attached hydrogens (primary N) is 1. The van der Waals surface area contributed by atoms with Gasteiger partial charge >= 0.3 is 0 Å². The number of nitro benzene ring substituents is 1. The van der Waals surface area contributed by atoms with E-state index in [1.54, 1.807) is 6.07 Å². The highest BCUT2D eigenvalue weighted by Crippen LogP contribution is 2.28. The van der Waals surface area contributed by atoms with Crippen LogP contribution in [0.3, 0.4) is 0 Å². The highest BCUT2D eigenvalue weighted by Gasteiger charge is 2.15. The van der Waals surface area contributed by atoms with Crippen LogP contribution in [-0.2, 0) is 4.79 Å². The molecule has 0 aliphatic heterocycles. The van der Waals surface area contributed by atoms with E-state index in [2.05, 4.69) is 21.2 Å². The van der Waals surface area contributed by atoms with Crippen molar-refractivity contribution in [1.29, 1.82) is 0 Å². The summed E-state index contributed by atoms with van der Waals surface area (Å²) >= 11 is 3.15. The van der Waals surface area contributed by atoms with Crippen LogP contribution in [0.25, 0.3) is 0 Å². The van der Waals surface area contributed by atoms with Gasteiger partial charge in [-0.1, -0.05) is 15.9 Å². The Bertz CT molecular complexity index is 451. The molecule has 0 aliphatic carbocycles. The predicted octanol–water partition coefficient (Wildman–Crippen LogP) is 2.42. The standard InChI is InChI=1S/C11H14BrN3O3/c12-8-4-5-9(10(7-8)15(17)18)14-11(16)3-1-2-6-13/h4-5,7H,1-3,6,13H2,(H,14,16). The number of halogens is 1. The minimum Gasteiger partial charge on any atom is -0.330 e. The quantitative estimate of drug-likeness (QED) is 0.478. The minimum atomic E-state index is -0.528. The molecule has 0 fully saturated rings. The van der Waals surface area contributed by atoms with Gasteiger partial charge in [-0.05, 0) is 31.5 Å². The maximum Gasteiger partial charge on any atom is 0.293 e. The maximum atomic E-state index is 11.6. The Hall–Kier alpha value is -1.47. The molecule has 0 unspecified atom stereocenters. The molecule has 6 nitrogen and oxygen atoms in total. The van der Waals surface area contributed by atoms with Gasteiger partial charge in [0.25, 0.3) is 5.69 Å². The molecular weight excluding hydrogens is 302 g/mol. The normalized spacial score (nSPS) is 10.1. The van der Waals surface area contributed by atoms with Crippen LogP contribution in [0, 0.1) is 10.1 Å². The van der Waals surface area contributed by atoms with Crippen molar-refractivity contribution in [3.05, 3.63) is 32.8 Å². The molecule has 0 spiro atoms. The summed E-state index contributed by atoms with van der Waals surface area (Å²) in [6, 6.07) is 4.50. The number of anilines is 1. The molecule has 7 heteroatoms. The first-order valence-electron chi connectivity index (χ1n) is 5.48. The molecule has 1 amide bonds. The van der Waals surface area contributed by atoms with E-state index in [9.17, 15) is 14.9 Å². The maximum absolute atomic E-state index is 11.6. The van der Waals surface area contributed by atoms with Crippen LogP contribution in [0.15, 0.2) is 22.7 Å². The summed E-state index contributed by atoms with van der Waals surface area (Å²) in [5.41, 5.74) is 5.40. The van der Waals surface area contributed by atoms with Gasteiger partial charge in [-0.25, -0.2) is 0 Å². The number of nitrogens with zero attached hydrogens (tertiary/aromatic N) is 1. The lowest BCUT2D eigenvalue weighted by atomic mass is 10.2. The first-order valence-corrected chi connectivity index (χ1v) is 6.27. The van der Waals surface area contributed by atoms with Crippen molar-refractivity contribution < 1.29 is 9.72 Å². The van der Waals surface area contributed by atoms with E-state index in [1.165, 1.54) is 12.1 Å². The smallest absolute Gasteiger partial charge is 0.293 e. The Labute approximate surface area is 113 Å². The molecule has 0 radical (unpaired) electrons. The number of nitrogens with one attached hydrogen (secondary N) is 1. The number of nitro groups is 1. The molecule has 3 N–H and O–H groups in total. The highest BCUT2D eigenvalue weighted by molar-refractivity contribution is 9.10. The van der Waals surface area contributed by atoms with Crippen molar-refractivity contribution in [2.24, 2.45) is 5.73 Å². The summed E-state index contributed by atoms with van der Waals surface area (Å²) in [6.45, 7) is 0.533. The number of carbonyl (C=O) groups excluding carboxylic acids is 1. The molecule has 1 aromatic rings. The lowest BCUT2D eigenvalue weighted by molar-refractivity contribution is -0.384. The number of benzene rings is 1. The van der Waals surface area contributed by atoms with Gasteiger partial charge in [0.05, 0.1) is 4.92 Å². The lowest BCUT2D eigenvalue weighted by Crippen LogP contribution is -2.13. The summed E-state index contributed by atoms with van der Waals surface area (Å²) in [5, 5.41) is 13.4. The van der Waals surface area contributed by atoms with Gasteiger partial charge in [0.15, 0.2) is 0 Å². The largest absolute Gasteiger partial charge is 0.330 e. The van der Waals surface area contributed by atoms with E-state index < -0.39 is 4.92 Å². The molecular formula is C11H14BrN3O3. The first kappa shape index (κ1) is 14.6. The van der Waals surface area contributed by atoms with Gasteiger partial charge in [0, 0.05) is 17.0 Å². The van der Waals surface area contributed by atoms with Gasteiger partial charge in [-0.2, -0.15) is 0 Å². The summed E-state index contributed by atoms with van der Waals surface area (Å²) < 4.78 is 0.593. The van der Waals surface area contributed by atoms with Crippen molar-refractivity contribution in [1.82, 2.24) is 0 Å². The molecule has 0 saturated heterocycles. The van der Waals surface area contributed by atoms with Crippen LogP contribution >= 0.6 is 15.9 Å². The van der Waals surface area contributed by atoms with E-state index in [0.29, 0.717) is 23.9 Å². The zero-order chi connectivity index (χ0) is 13.5. The second-order valence-electron chi connectivity index (χ2n) is 3.71. The van der Waals surface area contributed by atoms with E-state index in [4.69, 9.17) is 5.73 Å². The first-order chi connectivity index (χ1) is 8.54. The number of hydrogen-bond acceptors (Lipinski definition) is 4. The Morgan fingerprint density at radius 1 is 1.44 bits per heavy atom.